The van der Waals surface area contributed by atoms with Gasteiger partial charge in [0.05, 0.1) is 11.6 Å². The van der Waals surface area contributed by atoms with Crippen molar-refractivity contribution in [2.24, 2.45) is 0 Å². The molecule has 3 heteroatoms. The summed E-state index contributed by atoms with van der Waals surface area (Å²) in [4.78, 5) is 0. The maximum absolute atomic E-state index is 9.97. The normalized spacial score (nSPS) is 10.1. The molecule has 0 aromatic heterocycles. The molecular weight excluding hydrogens is 268 g/mol. The van der Waals surface area contributed by atoms with E-state index in [1.54, 1.807) is 13.2 Å². The fourth-order valence-corrected chi connectivity index (χ4v) is 1.97. The first kappa shape index (κ1) is 11.0. The van der Waals surface area contributed by atoms with Crippen molar-refractivity contribution in [2.45, 2.75) is 0 Å². The van der Waals surface area contributed by atoms with Crippen LogP contribution in [-0.2, 0) is 0 Å². The molecule has 0 spiro atoms. The summed E-state index contributed by atoms with van der Waals surface area (Å²) in [5.74, 6) is 0.975. The summed E-state index contributed by atoms with van der Waals surface area (Å²) >= 11 is 3.30. The van der Waals surface area contributed by atoms with Gasteiger partial charge in [-0.05, 0) is 28.1 Å². The van der Waals surface area contributed by atoms with Crippen LogP contribution in [0.1, 0.15) is 0 Å². The van der Waals surface area contributed by atoms with E-state index >= 15 is 0 Å². The zero-order valence-electron chi connectivity index (χ0n) is 8.77. The summed E-state index contributed by atoms with van der Waals surface area (Å²) in [5, 5.41) is 9.97. The number of phenols is 1. The predicted molar refractivity (Wildman–Crippen MR) is 67.8 cm³/mol. The molecule has 16 heavy (non-hydrogen) atoms. The van der Waals surface area contributed by atoms with Crippen LogP contribution in [0.3, 0.4) is 0 Å². The van der Waals surface area contributed by atoms with Crippen molar-refractivity contribution in [3.05, 3.63) is 46.9 Å². The topological polar surface area (TPSA) is 29.5 Å². The van der Waals surface area contributed by atoms with E-state index in [0.29, 0.717) is 4.47 Å². The number of halogens is 1. The van der Waals surface area contributed by atoms with Gasteiger partial charge in [-0.2, -0.15) is 0 Å². The Morgan fingerprint density at radius 1 is 1.00 bits per heavy atom. The molecular formula is C13H11BrO2. The minimum atomic E-state index is 0.229. The summed E-state index contributed by atoms with van der Waals surface area (Å²) < 4.78 is 5.94. The van der Waals surface area contributed by atoms with Crippen molar-refractivity contribution in [2.75, 3.05) is 7.11 Å². The Labute approximate surface area is 103 Å². The lowest BCUT2D eigenvalue weighted by atomic mass is 10.0. The number of ether oxygens (including phenoxy) is 1. The van der Waals surface area contributed by atoms with Gasteiger partial charge in [0, 0.05) is 11.1 Å². The smallest absolute Gasteiger partial charge is 0.137 e. The maximum Gasteiger partial charge on any atom is 0.137 e. The Hall–Kier alpha value is -1.48. The fraction of sp³-hybridized carbons (Fsp3) is 0.0769. The number of aromatic hydroxyl groups is 1. The third-order valence-corrected chi connectivity index (χ3v) is 3.02. The number of methoxy groups -OCH3 is 1. The van der Waals surface area contributed by atoms with Gasteiger partial charge in [0.25, 0.3) is 0 Å². The van der Waals surface area contributed by atoms with Gasteiger partial charge in [0.2, 0.25) is 0 Å². The predicted octanol–water partition coefficient (Wildman–Crippen LogP) is 3.83. The molecule has 0 aliphatic carbocycles. The van der Waals surface area contributed by atoms with Crippen LogP contribution in [0.2, 0.25) is 0 Å². The van der Waals surface area contributed by atoms with E-state index in [1.165, 1.54) is 0 Å². The Bertz CT molecular complexity index is 509. The van der Waals surface area contributed by atoms with Crippen molar-refractivity contribution in [1.29, 1.82) is 0 Å². The molecule has 0 saturated carbocycles. The van der Waals surface area contributed by atoms with Crippen LogP contribution in [0.4, 0.5) is 0 Å². The third kappa shape index (κ3) is 1.91. The number of para-hydroxylation sites is 2. The zero-order valence-corrected chi connectivity index (χ0v) is 10.4. The van der Waals surface area contributed by atoms with Gasteiger partial charge in [-0.3, -0.25) is 0 Å². The molecule has 0 amide bonds. The average Bonchev–Trinajstić information content (AvgIpc) is 2.33. The molecule has 2 nitrogen and oxygen atoms in total. The van der Waals surface area contributed by atoms with E-state index < -0.39 is 0 Å². The summed E-state index contributed by atoms with van der Waals surface area (Å²) in [6, 6.07) is 13.1. The molecule has 0 aliphatic heterocycles. The number of rotatable bonds is 2. The molecule has 2 aromatic carbocycles. The van der Waals surface area contributed by atoms with Gasteiger partial charge in [-0.15, -0.1) is 0 Å². The lowest BCUT2D eigenvalue weighted by Crippen LogP contribution is -1.87. The number of benzene rings is 2. The van der Waals surface area contributed by atoms with Crippen LogP contribution in [0.25, 0.3) is 11.1 Å². The minimum Gasteiger partial charge on any atom is -0.506 e. The van der Waals surface area contributed by atoms with Gasteiger partial charge in [0.15, 0.2) is 0 Å². The van der Waals surface area contributed by atoms with Crippen LogP contribution < -0.4 is 4.74 Å². The zero-order chi connectivity index (χ0) is 11.5. The van der Waals surface area contributed by atoms with Gasteiger partial charge in [-0.1, -0.05) is 30.3 Å². The molecule has 1 N–H and O–H groups in total. The Morgan fingerprint density at radius 2 is 1.69 bits per heavy atom. The summed E-state index contributed by atoms with van der Waals surface area (Å²) in [7, 11) is 1.62. The SMILES string of the molecule is COc1ccccc1-c1cccc(Br)c1O. The highest BCUT2D eigenvalue weighted by molar-refractivity contribution is 9.10. The first-order chi connectivity index (χ1) is 7.74. The molecule has 0 atom stereocenters. The minimum absolute atomic E-state index is 0.229. The Morgan fingerprint density at radius 3 is 2.44 bits per heavy atom. The monoisotopic (exact) mass is 278 g/mol. The van der Waals surface area contributed by atoms with Crippen LogP contribution in [0, 0.1) is 0 Å². The number of hydrogen-bond acceptors (Lipinski definition) is 2. The molecule has 2 rings (SSSR count). The lowest BCUT2D eigenvalue weighted by molar-refractivity contribution is 0.415. The number of phenolic OH excluding ortho intramolecular Hbond substituents is 1. The highest BCUT2D eigenvalue weighted by atomic mass is 79.9. The third-order valence-electron chi connectivity index (χ3n) is 2.38. The van der Waals surface area contributed by atoms with E-state index in [4.69, 9.17) is 4.74 Å². The van der Waals surface area contributed by atoms with Crippen LogP contribution in [0.15, 0.2) is 46.9 Å². The van der Waals surface area contributed by atoms with E-state index in [9.17, 15) is 5.11 Å². The molecule has 0 radical (unpaired) electrons. The largest absolute Gasteiger partial charge is 0.506 e. The standard InChI is InChI=1S/C13H11BrO2/c1-16-12-8-3-2-5-9(12)10-6-4-7-11(14)13(10)15/h2-8,15H,1H3. The first-order valence-corrected chi connectivity index (χ1v) is 5.64. The van der Waals surface area contributed by atoms with Crippen LogP contribution in [-0.4, -0.2) is 12.2 Å². The van der Waals surface area contributed by atoms with Crippen molar-refractivity contribution in [3.63, 3.8) is 0 Å². The molecule has 0 saturated heterocycles. The van der Waals surface area contributed by atoms with Crippen molar-refractivity contribution in [1.82, 2.24) is 0 Å². The van der Waals surface area contributed by atoms with Crippen molar-refractivity contribution < 1.29 is 9.84 Å². The van der Waals surface area contributed by atoms with Gasteiger partial charge >= 0.3 is 0 Å². The molecule has 2 aromatic rings. The number of hydrogen-bond donors (Lipinski definition) is 1. The summed E-state index contributed by atoms with van der Waals surface area (Å²) in [6.45, 7) is 0. The molecule has 0 fully saturated rings. The summed E-state index contributed by atoms with van der Waals surface area (Å²) in [5.41, 5.74) is 1.63. The van der Waals surface area contributed by atoms with Crippen LogP contribution >= 0.6 is 15.9 Å². The Kier molecular flexibility index (Phi) is 3.15. The second-order valence-electron chi connectivity index (χ2n) is 3.34. The molecule has 0 aliphatic rings. The fourth-order valence-electron chi connectivity index (χ4n) is 1.60. The first-order valence-electron chi connectivity index (χ1n) is 4.85. The molecule has 82 valence electrons. The second-order valence-corrected chi connectivity index (χ2v) is 4.19. The average molecular weight is 279 g/mol. The lowest BCUT2D eigenvalue weighted by Gasteiger charge is -2.10. The summed E-state index contributed by atoms with van der Waals surface area (Å²) in [6.07, 6.45) is 0. The van der Waals surface area contributed by atoms with E-state index in [2.05, 4.69) is 15.9 Å². The van der Waals surface area contributed by atoms with Crippen LogP contribution in [0.5, 0.6) is 11.5 Å². The molecule has 0 bridgehead atoms. The molecule has 0 heterocycles. The van der Waals surface area contributed by atoms with Crippen molar-refractivity contribution >= 4 is 15.9 Å². The second kappa shape index (κ2) is 4.58. The van der Waals surface area contributed by atoms with E-state index in [0.717, 1.165) is 16.9 Å². The van der Waals surface area contributed by atoms with Gasteiger partial charge < -0.3 is 9.84 Å². The Balaban J connectivity index is 2.63. The highest BCUT2D eigenvalue weighted by Crippen LogP contribution is 2.39. The van der Waals surface area contributed by atoms with E-state index in [-0.39, 0.29) is 5.75 Å². The molecule has 0 unspecified atom stereocenters. The maximum atomic E-state index is 9.97. The van der Waals surface area contributed by atoms with Gasteiger partial charge in [-0.25, -0.2) is 0 Å². The van der Waals surface area contributed by atoms with Crippen molar-refractivity contribution in [3.8, 4) is 22.6 Å². The quantitative estimate of drug-likeness (QED) is 0.905. The van der Waals surface area contributed by atoms with E-state index in [1.807, 2.05) is 36.4 Å². The highest BCUT2D eigenvalue weighted by Gasteiger charge is 2.10. The van der Waals surface area contributed by atoms with Gasteiger partial charge in [0.1, 0.15) is 11.5 Å².